The molecule has 2 radical (unpaired) electrons. The van der Waals surface area contributed by atoms with Crippen LogP contribution in [0.25, 0.3) is 0 Å². The van der Waals surface area contributed by atoms with Gasteiger partial charge in [-0.25, -0.2) is 0 Å². The average molecular weight is 165 g/mol. The van der Waals surface area contributed by atoms with Crippen LogP contribution in [0, 0.1) is 0 Å². The molecule has 0 aromatic rings. The molecule has 0 aliphatic heterocycles. The fourth-order valence-corrected chi connectivity index (χ4v) is 0. The summed E-state index contributed by atoms with van der Waals surface area (Å²) in [6.45, 7) is 0. The van der Waals surface area contributed by atoms with E-state index in [0.29, 0.717) is 0 Å². The van der Waals surface area contributed by atoms with E-state index in [4.69, 9.17) is 0 Å². The minimum atomic E-state index is 0. The number of halogens is 2. The zero-order chi connectivity index (χ0) is 2.71. The molecule has 0 rings (SSSR count). The molecule has 0 aromatic carbocycles. The topological polar surface area (TPSA) is 9.23 Å². The first-order chi connectivity index (χ1) is 1.41. The van der Waals surface area contributed by atoms with E-state index in [2.05, 4.69) is 27.6 Å². The van der Waals surface area contributed by atoms with Crippen LogP contribution < -0.4 is 0 Å². The predicted molar refractivity (Wildman–Crippen MR) is 24.3 cm³/mol. The summed E-state index contributed by atoms with van der Waals surface area (Å²) in [6, 6.07) is 0. The monoisotopic (exact) mass is 164 g/mol. The largest absolute Gasteiger partial charge is 0.166 e. The minimum absolute atomic E-state index is 0. The van der Waals surface area contributed by atoms with Gasteiger partial charge in [-0.15, -0.1) is 0 Å². The summed E-state index contributed by atoms with van der Waals surface area (Å²) in [7, 11) is 0. The number of hydrogen-bond donors (Lipinski definition) is 0. The van der Waals surface area contributed by atoms with Gasteiger partial charge in [0.05, 0.1) is 23.7 Å². The first kappa shape index (κ1) is 15.9. The molecule has 5 heavy (non-hydrogen) atoms. The fraction of sp³-hybridized carbons (Fsp3) is 0. The van der Waals surface area contributed by atoms with Crippen LogP contribution in [0.2, 0.25) is 0 Å². The zero-order valence-electron chi connectivity index (χ0n) is 3.16. The molecular weight excluding hydrogens is 165 g/mol. The standard InChI is InChI=1S/Cl2O.2K/c1-3-2;;. The molecule has 0 aliphatic carbocycles. The van der Waals surface area contributed by atoms with Crippen LogP contribution >= 0.6 is 23.7 Å². The van der Waals surface area contributed by atoms with Crippen molar-refractivity contribution in [2.24, 2.45) is 0 Å². The van der Waals surface area contributed by atoms with Crippen LogP contribution in [0.5, 0.6) is 0 Å². The molecule has 0 amide bonds. The summed E-state index contributed by atoms with van der Waals surface area (Å²) < 4.78 is 3.19. The van der Waals surface area contributed by atoms with Gasteiger partial charge in [0.25, 0.3) is 0 Å². The molecule has 0 heterocycles. The maximum Gasteiger partial charge on any atom is 0.0832 e. The van der Waals surface area contributed by atoms with E-state index in [1.54, 1.807) is 0 Å². The second kappa shape index (κ2) is 15.7. The summed E-state index contributed by atoms with van der Waals surface area (Å²) in [6.07, 6.45) is 0. The van der Waals surface area contributed by atoms with Crippen molar-refractivity contribution >= 4 is 127 Å². The van der Waals surface area contributed by atoms with Gasteiger partial charge < -0.3 is 0 Å². The van der Waals surface area contributed by atoms with Crippen molar-refractivity contribution in [2.75, 3.05) is 0 Å². The molecule has 0 bridgehead atoms. The second-order valence-electron chi connectivity index (χ2n) is 0.0583. The Morgan fingerprint density at radius 1 is 1.00 bits per heavy atom. The molecule has 22 valence electrons. The Bertz CT molecular complexity index is 7.61. The van der Waals surface area contributed by atoms with Gasteiger partial charge in [0.15, 0.2) is 0 Å². The maximum absolute atomic E-state index is 4.26. The first-order valence-corrected chi connectivity index (χ1v) is 0.926. The van der Waals surface area contributed by atoms with Crippen molar-refractivity contribution in [1.29, 1.82) is 0 Å². The molecule has 0 N–H and O–H groups in total. The first-order valence-electron chi connectivity index (χ1n) is 0.309. The second-order valence-corrected chi connectivity index (χ2v) is 0.525. The molecule has 1 nitrogen and oxygen atoms in total. The van der Waals surface area contributed by atoms with Crippen LogP contribution in [0.1, 0.15) is 0 Å². The van der Waals surface area contributed by atoms with Crippen LogP contribution in [0.15, 0.2) is 0 Å². The molecule has 0 aliphatic rings. The molecular formula is Cl2K2O. The third kappa shape index (κ3) is 18.2. The maximum atomic E-state index is 4.26. The summed E-state index contributed by atoms with van der Waals surface area (Å²) in [5.41, 5.74) is 0. The van der Waals surface area contributed by atoms with Crippen molar-refractivity contribution in [2.45, 2.75) is 0 Å². The van der Waals surface area contributed by atoms with Crippen molar-refractivity contribution in [1.82, 2.24) is 0 Å². The Kier molecular flexibility index (Phi) is 49.8. The molecule has 0 saturated carbocycles. The van der Waals surface area contributed by atoms with Gasteiger partial charge in [-0.2, -0.15) is 3.84 Å². The van der Waals surface area contributed by atoms with Crippen LogP contribution in [0.3, 0.4) is 0 Å². The van der Waals surface area contributed by atoms with E-state index in [1.807, 2.05) is 0 Å². The van der Waals surface area contributed by atoms with Crippen LogP contribution in [0.4, 0.5) is 0 Å². The Morgan fingerprint density at radius 2 is 1.00 bits per heavy atom. The molecule has 0 fully saturated rings. The van der Waals surface area contributed by atoms with Gasteiger partial charge in [0.1, 0.15) is 0 Å². The number of rotatable bonds is 0. The van der Waals surface area contributed by atoms with Gasteiger partial charge >= 0.3 is 0 Å². The summed E-state index contributed by atoms with van der Waals surface area (Å²) >= 11 is 8.53. The van der Waals surface area contributed by atoms with E-state index in [9.17, 15) is 0 Å². The van der Waals surface area contributed by atoms with E-state index in [0.717, 1.165) is 0 Å². The fourth-order valence-electron chi connectivity index (χ4n) is 0. The van der Waals surface area contributed by atoms with Gasteiger partial charge in [0.2, 0.25) is 0 Å². The van der Waals surface area contributed by atoms with Crippen molar-refractivity contribution < 1.29 is 3.84 Å². The van der Waals surface area contributed by atoms with Crippen molar-refractivity contribution in [3.8, 4) is 0 Å². The Morgan fingerprint density at radius 3 is 1.00 bits per heavy atom. The SMILES string of the molecule is ClOCl.[K].[K]. The zero-order valence-corrected chi connectivity index (χ0v) is 10.9. The van der Waals surface area contributed by atoms with Gasteiger partial charge in [0, 0.05) is 103 Å². The molecule has 5 heteroatoms. The normalized spacial score (nSPS) is 3.60. The molecule has 0 atom stereocenters. The Balaban J connectivity index is -0.0000000200. The van der Waals surface area contributed by atoms with Crippen LogP contribution in [-0.2, 0) is 3.84 Å². The molecule has 0 unspecified atom stereocenters. The van der Waals surface area contributed by atoms with E-state index in [-0.39, 0.29) is 103 Å². The van der Waals surface area contributed by atoms with Crippen LogP contribution in [-0.4, -0.2) is 103 Å². The Labute approximate surface area is 126 Å². The van der Waals surface area contributed by atoms with Gasteiger partial charge in [-0.1, -0.05) is 0 Å². The van der Waals surface area contributed by atoms with Crippen molar-refractivity contribution in [3.63, 3.8) is 0 Å². The summed E-state index contributed by atoms with van der Waals surface area (Å²) in [5, 5.41) is 0. The summed E-state index contributed by atoms with van der Waals surface area (Å²) in [4.78, 5) is 0. The van der Waals surface area contributed by atoms with Gasteiger partial charge in [-0.3, -0.25) is 0 Å². The molecule has 0 saturated heterocycles. The van der Waals surface area contributed by atoms with E-state index < -0.39 is 0 Å². The average Bonchev–Trinajstić information content (AvgIpc) is 0.918. The molecule has 0 aromatic heterocycles. The molecule has 0 spiro atoms. The minimum Gasteiger partial charge on any atom is -0.166 e. The van der Waals surface area contributed by atoms with Crippen molar-refractivity contribution in [3.05, 3.63) is 0 Å². The predicted octanol–water partition coefficient (Wildman–Crippen LogP) is 0.549. The van der Waals surface area contributed by atoms with Gasteiger partial charge in [-0.05, 0) is 0 Å². The van der Waals surface area contributed by atoms with E-state index >= 15 is 0 Å². The quantitative estimate of drug-likeness (QED) is 0.476. The summed E-state index contributed by atoms with van der Waals surface area (Å²) in [5.74, 6) is 0. The number of hydrogen-bond acceptors (Lipinski definition) is 1. The third-order valence-electron chi connectivity index (χ3n) is 0. The third-order valence-corrected chi connectivity index (χ3v) is 0. The smallest absolute Gasteiger partial charge is 0.0832 e. The Hall–Kier alpha value is 3.81. The van der Waals surface area contributed by atoms with E-state index in [1.165, 1.54) is 0 Å².